The molecule has 0 radical (unpaired) electrons. The number of benzene rings is 3. The molecule has 0 saturated carbocycles. The number of anilines is 1. The van der Waals surface area contributed by atoms with E-state index in [0.717, 1.165) is 16.7 Å². The maximum atomic E-state index is 13.9. The molecule has 1 aliphatic rings. The molecule has 178 valence electrons. The summed E-state index contributed by atoms with van der Waals surface area (Å²) in [6, 6.07) is 20.4. The van der Waals surface area contributed by atoms with Crippen LogP contribution >= 0.6 is 23.2 Å². The van der Waals surface area contributed by atoms with Crippen LogP contribution in [0, 0.1) is 5.82 Å². The van der Waals surface area contributed by atoms with E-state index in [-0.39, 0.29) is 11.7 Å². The molecule has 8 heteroatoms. The number of aromatic nitrogens is 2. The van der Waals surface area contributed by atoms with Crippen molar-refractivity contribution in [2.75, 3.05) is 4.90 Å². The minimum absolute atomic E-state index is 0.224. The average Bonchev–Trinajstić information content (AvgIpc) is 3.28. The zero-order valence-electron chi connectivity index (χ0n) is 18.8. The molecule has 0 unspecified atom stereocenters. The number of hydrogen-bond acceptors (Lipinski definition) is 3. The van der Waals surface area contributed by atoms with Crippen molar-refractivity contribution in [3.05, 3.63) is 118 Å². The zero-order chi connectivity index (χ0) is 24.5. The summed E-state index contributed by atoms with van der Waals surface area (Å²) in [7, 11) is 1.85. The van der Waals surface area contributed by atoms with Gasteiger partial charge in [-0.25, -0.2) is 9.37 Å². The van der Waals surface area contributed by atoms with E-state index in [2.05, 4.69) is 4.98 Å². The van der Waals surface area contributed by atoms with E-state index in [1.165, 1.54) is 12.1 Å². The van der Waals surface area contributed by atoms with Crippen molar-refractivity contribution in [1.82, 2.24) is 9.55 Å². The summed E-state index contributed by atoms with van der Waals surface area (Å²) in [6.07, 6.45) is 2.44. The molecule has 0 N–H and O–H groups in total. The summed E-state index contributed by atoms with van der Waals surface area (Å²) in [5.74, 6) is -0.0383. The predicted molar refractivity (Wildman–Crippen MR) is 134 cm³/mol. The second-order valence-corrected chi connectivity index (χ2v) is 9.40. The molecular formula is C27H22Cl2FN3O2. The Morgan fingerprint density at radius 1 is 0.914 bits per heavy atom. The highest BCUT2D eigenvalue weighted by Gasteiger charge is 2.45. The van der Waals surface area contributed by atoms with E-state index in [0.29, 0.717) is 22.3 Å². The van der Waals surface area contributed by atoms with Crippen molar-refractivity contribution in [3.63, 3.8) is 0 Å². The molecule has 0 aliphatic carbocycles. The quantitative estimate of drug-likeness (QED) is 0.316. The molecule has 0 spiro atoms. The summed E-state index contributed by atoms with van der Waals surface area (Å²) in [6.45, 7) is 0. The lowest BCUT2D eigenvalue weighted by Gasteiger charge is -2.44. The lowest BCUT2D eigenvalue weighted by molar-refractivity contribution is -0.145. The van der Waals surface area contributed by atoms with Gasteiger partial charge in [-0.1, -0.05) is 59.6 Å². The van der Waals surface area contributed by atoms with E-state index >= 15 is 0 Å². The topological polar surface area (TPSA) is 47.4 Å². The Morgan fingerprint density at radius 2 is 1.51 bits per heavy atom. The number of amides is 1. The van der Waals surface area contributed by atoms with E-state index in [4.69, 9.17) is 27.9 Å². The summed E-state index contributed by atoms with van der Waals surface area (Å²) in [5.41, 5.74) is 2.52. The van der Waals surface area contributed by atoms with Crippen LogP contribution in [0.15, 0.2) is 85.3 Å². The molecule has 1 aromatic heterocycles. The number of aryl methyl sites for hydroxylation is 1. The third kappa shape index (κ3) is 4.96. The molecule has 1 fully saturated rings. The molecule has 1 amide bonds. The van der Waals surface area contributed by atoms with E-state index in [1.807, 2.05) is 31.3 Å². The van der Waals surface area contributed by atoms with Crippen LogP contribution in [0.5, 0.6) is 0 Å². The lowest BCUT2D eigenvalue weighted by atomic mass is 9.90. The number of halogens is 3. The smallest absolute Gasteiger partial charge is 0.258 e. The Bertz CT molecular complexity index is 1320. The second kappa shape index (κ2) is 9.82. The average molecular weight is 510 g/mol. The van der Waals surface area contributed by atoms with Gasteiger partial charge < -0.3 is 9.30 Å². The van der Waals surface area contributed by atoms with Crippen molar-refractivity contribution in [2.45, 2.75) is 24.7 Å². The number of hydrogen-bond donors (Lipinski definition) is 0. The van der Waals surface area contributed by atoms with E-state index in [1.54, 1.807) is 58.4 Å². The summed E-state index contributed by atoms with van der Waals surface area (Å²) >= 11 is 12.3. The number of carbonyl (C=O) groups excluding carboxylic acids is 1. The van der Waals surface area contributed by atoms with Gasteiger partial charge in [-0.2, -0.15) is 0 Å². The van der Waals surface area contributed by atoms with Gasteiger partial charge in [-0.05, 0) is 53.1 Å². The molecule has 1 aliphatic heterocycles. The molecule has 5 nitrogen and oxygen atoms in total. The normalized spacial score (nSPS) is 20.3. The molecule has 0 bridgehead atoms. The van der Waals surface area contributed by atoms with Crippen LogP contribution in [0.4, 0.5) is 10.2 Å². The predicted octanol–water partition coefficient (Wildman–Crippen LogP) is 6.32. The van der Waals surface area contributed by atoms with Gasteiger partial charge in [-0.15, -0.1) is 0 Å². The van der Waals surface area contributed by atoms with Crippen molar-refractivity contribution in [3.8, 4) is 0 Å². The second-order valence-electron chi connectivity index (χ2n) is 8.53. The van der Waals surface area contributed by atoms with Crippen LogP contribution < -0.4 is 4.90 Å². The molecular weight excluding hydrogens is 488 g/mol. The van der Waals surface area contributed by atoms with Crippen LogP contribution in [0.25, 0.3) is 0 Å². The first-order chi connectivity index (χ1) is 16.9. The maximum absolute atomic E-state index is 13.9. The minimum atomic E-state index is -0.799. The van der Waals surface area contributed by atoms with Gasteiger partial charge in [-0.3, -0.25) is 9.69 Å². The van der Waals surface area contributed by atoms with Gasteiger partial charge in [0.2, 0.25) is 0 Å². The number of carbonyl (C=O) groups is 1. The van der Waals surface area contributed by atoms with Gasteiger partial charge in [0.1, 0.15) is 18.0 Å². The Hall–Kier alpha value is -3.19. The monoisotopic (exact) mass is 509 g/mol. The van der Waals surface area contributed by atoms with Gasteiger partial charge in [0, 0.05) is 29.7 Å². The third-order valence-corrected chi connectivity index (χ3v) is 6.58. The molecule has 3 atom stereocenters. The minimum Gasteiger partial charge on any atom is -0.358 e. The Balaban J connectivity index is 1.62. The largest absolute Gasteiger partial charge is 0.358 e. The number of ether oxygens (including phenoxy) is 1. The van der Waals surface area contributed by atoms with Gasteiger partial charge >= 0.3 is 0 Å². The highest BCUT2D eigenvalue weighted by Crippen LogP contribution is 2.44. The first-order valence-corrected chi connectivity index (χ1v) is 11.9. The number of nitrogens with zero attached hydrogens (tertiary/aromatic N) is 3. The van der Waals surface area contributed by atoms with Gasteiger partial charge in [0.05, 0.1) is 12.4 Å². The van der Waals surface area contributed by atoms with E-state index in [9.17, 15) is 9.18 Å². The molecule has 35 heavy (non-hydrogen) atoms. The number of rotatable bonds is 5. The Labute approximate surface area is 212 Å². The third-order valence-electron chi connectivity index (χ3n) is 6.07. The summed E-state index contributed by atoms with van der Waals surface area (Å²) in [5, 5.41) is 1.20. The summed E-state index contributed by atoms with van der Waals surface area (Å²) in [4.78, 5) is 20.1. The van der Waals surface area contributed by atoms with Crippen LogP contribution in [-0.4, -0.2) is 21.6 Å². The number of morpholine rings is 1. The van der Waals surface area contributed by atoms with E-state index < -0.39 is 18.2 Å². The lowest BCUT2D eigenvalue weighted by Crippen LogP contribution is -2.52. The maximum Gasteiger partial charge on any atom is 0.258 e. The van der Waals surface area contributed by atoms with Crippen LogP contribution in [0.1, 0.15) is 28.8 Å². The fourth-order valence-electron chi connectivity index (χ4n) is 4.38. The van der Waals surface area contributed by atoms with Crippen molar-refractivity contribution in [2.24, 2.45) is 7.05 Å². The first kappa shape index (κ1) is 23.5. The Kier molecular flexibility index (Phi) is 6.60. The van der Waals surface area contributed by atoms with Crippen molar-refractivity contribution < 1.29 is 13.9 Å². The number of imidazole rings is 1. The van der Waals surface area contributed by atoms with Crippen LogP contribution in [0.2, 0.25) is 10.0 Å². The first-order valence-electron chi connectivity index (χ1n) is 11.1. The van der Waals surface area contributed by atoms with Crippen molar-refractivity contribution >= 4 is 34.9 Å². The van der Waals surface area contributed by atoms with Gasteiger partial charge in [0.25, 0.3) is 5.91 Å². The highest BCUT2D eigenvalue weighted by atomic mass is 35.5. The van der Waals surface area contributed by atoms with Crippen LogP contribution in [0.3, 0.4) is 0 Å². The standard InChI is InChI=1S/C27H22Cl2FN3O2/c1-32-15-24(31-16-32)33-25(18-4-8-20(28)9-5-18)26(19-6-10-21(29)11-7-19)35-23(27(33)34)14-17-2-12-22(30)13-3-17/h2-13,15-16,23,25-26H,14H2,1H3/t23-,25+,26-/m1/s1. The molecule has 1 saturated heterocycles. The fraction of sp³-hybridized carbons (Fsp3) is 0.185. The SMILES string of the molecule is Cn1cnc(N2C(=O)[C@@H](Cc3ccc(F)cc3)O[C@H](c3ccc(Cl)cc3)[C@@H]2c2ccc(Cl)cc2)c1. The van der Waals surface area contributed by atoms with Crippen molar-refractivity contribution in [1.29, 1.82) is 0 Å². The van der Waals surface area contributed by atoms with Gasteiger partial charge in [0.15, 0.2) is 5.82 Å². The van der Waals surface area contributed by atoms with Crippen LogP contribution in [-0.2, 0) is 23.0 Å². The Morgan fingerprint density at radius 3 is 2.09 bits per heavy atom. The molecule has 2 heterocycles. The highest BCUT2D eigenvalue weighted by molar-refractivity contribution is 6.30. The summed E-state index contributed by atoms with van der Waals surface area (Å²) < 4.78 is 21.8. The molecule has 5 rings (SSSR count). The molecule has 4 aromatic rings. The zero-order valence-corrected chi connectivity index (χ0v) is 20.3. The fourth-order valence-corrected chi connectivity index (χ4v) is 4.64. The molecule has 3 aromatic carbocycles.